The van der Waals surface area contributed by atoms with Crippen molar-refractivity contribution >= 4 is 0 Å². The van der Waals surface area contributed by atoms with E-state index in [1.807, 2.05) is 0 Å². The van der Waals surface area contributed by atoms with Crippen molar-refractivity contribution in [1.82, 2.24) is 4.90 Å². The van der Waals surface area contributed by atoms with Gasteiger partial charge in [0.1, 0.15) is 0 Å². The Morgan fingerprint density at radius 3 is 2.79 bits per heavy atom. The van der Waals surface area contributed by atoms with Gasteiger partial charge in [0.05, 0.1) is 19.3 Å². The molecule has 1 saturated carbocycles. The maximum atomic E-state index is 9.34. The molecule has 112 valence electrons. The fourth-order valence-electron chi connectivity index (χ4n) is 3.76. The zero-order valence-electron chi connectivity index (χ0n) is 12.4. The molecule has 1 aliphatic carbocycles. The molecule has 3 N–H and O–H groups in total. The van der Waals surface area contributed by atoms with Crippen LogP contribution in [0.15, 0.2) is 0 Å². The maximum Gasteiger partial charge on any atom is 0.0933 e. The van der Waals surface area contributed by atoms with E-state index in [4.69, 9.17) is 10.5 Å². The Balaban J connectivity index is 2.06. The van der Waals surface area contributed by atoms with Crippen LogP contribution in [0.25, 0.3) is 0 Å². The lowest BCUT2D eigenvalue weighted by molar-refractivity contribution is -0.105. The Morgan fingerprint density at radius 1 is 1.37 bits per heavy atom. The van der Waals surface area contributed by atoms with E-state index >= 15 is 0 Å². The Labute approximate surface area is 117 Å². The Bertz CT molecular complexity index is 275. The molecule has 4 heteroatoms. The van der Waals surface area contributed by atoms with Crippen molar-refractivity contribution in [3.05, 3.63) is 0 Å². The second kappa shape index (κ2) is 7.02. The van der Waals surface area contributed by atoms with Crippen LogP contribution < -0.4 is 5.73 Å². The SMILES string of the molecule is CCC1CCC(CN)C(N2CC(CO)OCC2C)C1. The van der Waals surface area contributed by atoms with E-state index in [1.54, 1.807) is 0 Å². The molecule has 1 saturated heterocycles. The number of hydrogen-bond acceptors (Lipinski definition) is 4. The summed E-state index contributed by atoms with van der Waals surface area (Å²) in [7, 11) is 0. The number of morpholine rings is 1. The molecule has 5 unspecified atom stereocenters. The van der Waals surface area contributed by atoms with Gasteiger partial charge in [-0.3, -0.25) is 4.90 Å². The van der Waals surface area contributed by atoms with Gasteiger partial charge in [-0.15, -0.1) is 0 Å². The highest BCUT2D eigenvalue weighted by atomic mass is 16.5. The highest BCUT2D eigenvalue weighted by Gasteiger charge is 2.38. The third-order valence-corrected chi connectivity index (χ3v) is 5.13. The predicted molar refractivity (Wildman–Crippen MR) is 77.0 cm³/mol. The molecule has 1 heterocycles. The summed E-state index contributed by atoms with van der Waals surface area (Å²) < 4.78 is 5.66. The summed E-state index contributed by atoms with van der Waals surface area (Å²) in [4.78, 5) is 2.56. The van der Waals surface area contributed by atoms with Gasteiger partial charge in [0, 0.05) is 18.6 Å². The van der Waals surface area contributed by atoms with Crippen molar-refractivity contribution in [3.8, 4) is 0 Å². The minimum Gasteiger partial charge on any atom is -0.394 e. The first kappa shape index (κ1) is 15.2. The number of aliphatic hydroxyl groups excluding tert-OH is 1. The Hall–Kier alpha value is -0.160. The van der Waals surface area contributed by atoms with E-state index in [-0.39, 0.29) is 12.7 Å². The van der Waals surface area contributed by atoms with E-state index in [9.17, 15) is 5.11 Å². The molecule has 2 rings (SSSR count). The summed E-state index contributed by atoms with van der Waals surface area (Å²) in [6.45, 7) is 7.03. The third kappa shape index (κ3) is 3.48. The van der Waals surface area contributed by atoms with Gasteiger partial charge < -0.3 is 15.6 Å². The summed E-state index contributed by atoms with van der Waals surface area (Å²) in [5, 5.41) is 9.34. The monoisotopic (exact) mass is 270 g/mol. The molecule has 0 aromatic carbocycles. The summed E-state index contributed by atoms with van der Waals surface area (Å²) in [6.07, 6.45) is 5.11. The number of nitrogens with zero attached hydrogens (tertiary/aromatic N) is 1. The second-order valence-electron chi connectivity index (χ2n) is 6.33. The number of ether oxygens (including phenoxy) is 1. The number of aliphatic hydroxyl groups is 1. The number of hydrogen-bond donors (Lipinski definition) is 2. The van der Waals surface area contributed by atoms with Crippen molar-refractivity contribution in [2.75, 3.05) is 26.3 Å². The van der Waals surface area contributed by atoms with Crippen LogP contribution in [-0.2, 0) is 4.74 Å². The van der Waals surface area contributed by atoms with Crippen molar-refractivity contribution in [1.29, 1.82) is 0 Å². The zero-order chi connectivity index (χ0) is 13.8. The predicted octanol–water partition coefficient (Wildman–Crippen LogP) is 1.22. The smallest absolute Gasteiger partial charge is 0.0933 e. The van der Waals surface area contributed by atoms with Crippen LogP contribution in [0.2, 0.25) is 0 Å². The fourth-order valence-corrected chi connectivity index (χ4v) is 3.76. The lowest BCUT2D eigenvalue weighted by Crippen LogP contribution is -2.57. The molecule has 0 amide bonds. The van der Waals surface area contributed by atoms with Gasteiger partial charge in [-0.1, -0.05) is 19.8 Å². The van der Waals surface area contributed by atoms with Gasteiger partial charge in [-0.05, 0) is 38.1 Å². The first-order chi connectivity index (χ1) is 9.19. The van der Waals surface area contributed by atoms with Crippen molar-refractivity contribution < 1.29 is 9.84 Å². The molecule has 0 spiro atoms. The van der Waals surface area contributed by atoms with Gasteiger partial charge >= 0.3 is 0 Å². The van der Waals surface area contributed by atoms with Crippen LogP contribution in [0, 0.1) is 11.8 Å². The Kier molecular flexibility index (Phi) is 5.63. The van der Waals surface area contributed by atoms with Crippen LogP contribution in [0.3, 0.4) is 0 Å². The van der Waals surface area contributed by atoms with Crippen molar-refractivity contribution in [2.24, 2.45) is 17.6 Å². The lowest BCUT2D eigenvalue weighted by atomic mass is 9.76. The van der Waals surface area contributed by atoms with Crippen LogP contribution in [-0.4, -0.2) is 54.5 Å². The summed E-state index contributed by atoms with van der Waals surface area (Å²) in [5.74, 6) is 1.46. The maximum absolute atomic E-state index is 9.34. The number of nitrogens with two attached hydrogens (primary N) is 1. The van der Waals surface area contributed by atoms with Gasteiger partial charge in [-0.2, -0.15) is 0 Å². The molecule has 0 radical (unpaired) electrons. The molecule has 5 atom stereocenters. The van der Waals surface area contributed by atoms with E-state index in [2.05, 4.69) is 18.7 Å². The summed E-state index contributed by atoms with van der Waals surface area (Å²) >= 11 is 0. The van der Waals surface area contributed by atoms with Gasteiger partial charge in [0.2, 0.25) is 0 Å². The summed E-state index contributed by atoms with van der Waals surface area (Å²) in [5.41, 5.74) is 5.99. The topological polar surface area (TPSA) is 58.7 Å². The first-order valence-electron chi connectivity index (χ1n) is 7.87. The van der Waals surface area contributed by atoms with Crippen LogP contribution >= 0.6 is 0 Å². The minimum atomic E-state index is -0.0170. The molecule has 0 aromatic rings. The highest BCUT2D eigenvalue weighted by molar-refractivity contribution is 4.91. The van der Waals surface area contributed by atoms with Crippen LogP contribution in [0.4, 0.5) is 0 Å². The van der Waals surface area contributed by atoms with E-state index in [1.165, 1.54) is 25.7 Å². The first-order valence-corrected chi connectivity index (χ1v) is 7.87. The quantitative estimate of drug-likeness (QED) is 0.806. The molecule has 0 bridgehead atoms. The molecular formula is C15H30N2O2. The molecule has 2 aliphatic rings. The molecule has 2 fully saturated rings. The standard InChI is InChI=1S/C15H30N2O2/c1-3-12-4-5-13(7-16)15(6-12)17-8-14(9-18)19-10-11(17)2/h11-15,18H,3-10,16H2,1-2H3. The van der Waals surface area contributed by atoms with Gasteiger partial charge in [0.25, 0.3) is 0 Å². The van der Waals surface area contributed by atoms with Crippen molar-refractivity contribution in [3.63, 3.8) is 0 Å². The van der Waals surface area contributed by atoms with E-state index in [0.717, 1.165) is 25.6 Å². The lowest BCUT2D eigenvalue weighted by Gasteiger charge is -2.48. The minimum absolute atomic E-state index is 0.0170. The molecule has 1 aliphatic heterocycles. The molecule has 4 nitrogen and oxygen atoms in total. The van der Waals surface area contributed by atoms with E-state index < -0.39 is 0 Å². The Morgan fingerprint density at radius 2 is 2.16 bits per heavy atom. The zero-order valence-corrected chi connectivity index (χ0v) is 12.4. The van der Waals surface area contributed by atoms with Crippen LogP contribution in [0.1, 0.15) is 39.5 Å². The van der Waals surface area contributed by atoms with Gasteiger partial charge in [0.15, 0.2) is 0 Å². The molecular weight excluding hydrogens is 240 g/mol. The fraction of sp³-hybridized carbons (Fsp3) is 1.00. The van der Waals surface area contributed by atoms with Gasteiger partial charge in [-0.25, -0.2) is 0 Å². The second-order valence-corrected chi connectivity index (χ2v) is 6.33. The third-order valence-electron chi connectivity index (χ3n) is 5.13. The molecule has 19 heavy (non-hydrogen) atoms. The average Bonchev–Trinajstić information content (AvgIpc) is 2.47. The normalized spacial score (nSPS) is 41.4. The largest absolute Gasteiger partial charge is 0.394 e. The van der Waals surface area contributed by atoms with E-state index in [0.29, 0.717) is 18.0 Å². The molecule has 0 aromatic heterocycles. The number of rotatable bonds is 4. The van der Waals surface area contributed by atoms with Crippen molar-refractivity contribution in [2.45, 2.75) is 57.7 Å². The highest BCUT2D eigenvalue weighted by Crippen LogP contribution is 2.35. The summed E-state index contributed by atoms with van der Waals surface area (Å²) in [6, 6.07) is 1.02. The average molecular weight is 270 g/mol. The van der Waals surface area contributed by atoms with Crippen LogP contribution in [0.5, 0.6) is 0 Å².